The molecule has 0 unspecified atom stereocenters. The van der Waals surface area contributed by atoms with E-state index in [9.17, 15) is 9.18 Å². The normalized spacial score (nSPS) is 14.6. The number of hydrogen-bond acceptors (Lipinski definition) is 6. The average molecular weight is 423 g/mol. The van der Waals surface area contributed by atoms with Gasteiger partial charge in [-0.05, 0) is 50.1 Å². The average Bonchev–Trinajstić information content (AvgIpc) is 3.23. The van der Waals surface area contributed by atoms with Gasteiger partial charge in [-0.1, -0.05) is 28.6 Å². The van der Waals surface area contributed by atoms with E-state index in [-0.39, 0.29) is 5.91 Å². The summed E-state index contributed by atoms with van der Waals surface area (Å²) in [7, 11) is 0. The molecule has 5 rings (SSSR count). The van der Waals surface area contributed by atoms with Crippen LogP contribution in [0.3, 0.4) is 0 Å². The van der Waals surface area contributed by atoms with Crippen LogP contribution in [0.25, 0.3) is 21.5 Å². The van der Waals surface area contributed by atoms with Gasteiger partial charge in [0, 0.05) is 6.07 Å². The number of nitrogens with one attached hydrogen (secondary N) is 1. The molecule has 8 heteroatoms. The van der Waals surface area contributed by atoms with Gasteiger partial charge >= 0.3 is 0 Å². The molecule has 30 heavy (non-hydrogen) atoms. The van der Waals surface area contributed by atoms with E-state index in [1.54, 1.807) is 24.3 Å². The van der Waals surface area contributed by atoms with Gasteiger partial charge in [0.25, 0.3) is 0 Å². The number of benzene rings is 2. The molecule has 1 aliphatic rings. The zero-order valence-corrected chi connectivity index (χ0v) is 17.0. The van der Waals surface area contributed by atoms with Gasteiger partial charge in [0.2, 0.25) is 5.91 Å². The fraction of sp³-hybridized carbons (Fsp3) is 0.227. The number of nitrogens with zero attached hydrogens (tertiary/aromatic N) is 2. The van der Waals surface area contributed by atoms with Crippen molar-refractivity contribution < 1.29 is 18.4 Å². The molecule has 2 aromatic heterocycles. The van der Waals surface area contributed by atoms with Gasteiger partial charge in [0.15, 0.2) is 10.9 Å². The Bertz CT molecular complexity index is 1250. The third-order valence-corrected chi connectivity index (χ3v) is 6.15. The van der Waals surface area contributed by atoms with Gasteiger partial charge in [-0.3, -0.25) is 4.79 Å². The molecule has 0 atom stereocenters. The van der Waals surface area contributed by atoms with Gasteiger partial charge in [0.1, 0.15) is 11.6 Å². The third kappa shape index (κ3) is 3.23. The van der Waals surface area contributed by atoms with E-state index in [1.807, 2.05) is 25.1 Å². The maximum atomic E-state index is 14.0. The summed E-state index contributed by atoms with van der Waals surface area (Å²) in [5.74, 6) is 0.509. The Balaban J connectivity index is 1.38. The highest BCUT2D eigenvalue weighted by molar-refractivity contribution is 7.22. The van der Waals surface area contributed by atoms with Crippen molar-refractivity contribution in [3.8, 4) is 17.1 Å². The Morgan fingerprint density at radius 3 is 2.87 bits per heavy atom. The predicted octanol–water partition coefficient (Wildman–Crippen LogP) is 5.16. The standard InChI is InChI=1S/C22H18FN3O3S/c1-2-28-13-7-8-16-18(11-13)30-21(24-16)25-20(27)22(9-10-22)19-12-17(29-26-19)14-5-3-4-6-15(14)23/h3-8,11-12H,2,9-10H2,1H3,(H,24,25,27). The number of fused-ring (bicyclic) bond motifs is 1. The highest BCUT2D eigenvalue weighted by Gasteiger charge is 2.54. The molecule has 4 aromatic rings. The quantitative estimate of drug-likeness (QED) is 0.464. The lowest BCUT2D eigenvalue weighted by molar-refractivity contribution is -0.118. The Labute approximate surface area is 175 Å². The van der Waals surface area contributed by atoms with E-state index in [0.717, 1.165) is 16.0 Å². The summed E-state index contributed by atoms with van der Waals surface area (Å²) in [6, 6.07) is 13.6. The Hall–Kier alpha value is -3.26. The van der Waals surface area contributed by atoms with Gasteiger partial charge in [-0.15, -0.1) is 0 Å². The maximum absolute atomic E-state index is 14.0. The first-order valence-electron chi connectivity index (χ1n) is 9.66. The fourth-order valence-corrected chi connectivity index (χ4v) is 4.33. The minimum Gasteiger partial charge on any atom is -0.494 e. The number of rotatable bonds is 6. The molecular weight excluding hydrogens is 405 g/mol. The van der Waals surface area contributed by atoms with Crippen molar-refractivity contribution >= 4 is 32.6 Å². The maximum Gasteiger partial charge on any atom is 0.238 e. The van der Waals surface area contributed by atoms with Gasteiger partial charge in [-0.2, -0.15) is 0 Å². The Morgan fingerprint density at radius 2 is 2.10 bits per heavy atom. The second-order valence-corrected chi connectivity index (χ2v) is 8.20. The fourth-order valence-electron chi connectivity index (χ4n) is 3.44. The molecule has 2 heterocycles. The number of anilines is 1. The molecule has 1 fully saturated rings. The van der Waals surface area contributed by atoms with E-state index in [0.29, 0.717) is 41.6 Å². The van der Waals surface area contributed by atoms with Crippen LogP contribution in [0.2, 0.25) is 0 Å². The first-order valence-corrected chi connectivity index (χ1v) is 10.5. The topological polar surface area (TPSA) is 77.2 Å². The number of ether oxygens (including phenoxy) is 1. The summed E-state index contributed by atoms with van der Waals surface area (Å²) in [6.45, 7) is 2.52. The number of carbonyl (C=O) groups is 1. The number of hydrogen-bond donors (Lipinski definition) is 1. The van der Waals surface area contributed by atoms with Crippen LogP contribution in [-0.4, -0.2) is 22.7 Å². The molecule has 0 spiro atoms. The molecule has 152 valence electrons. The molecule has 2 aromatic carbocycles. The van der Waals surface area contributed by atoms with E-state index in [4.69, 9.17) is 9.26 Å². The van der Waals surface area contributed by atoms with E-state index < -0.39 is 11.2 Å². The first-order chi connectivity index (χ1) is 14.6. The summed E-state index contributed by atoms with van der Waals surface area (Å²) in [6.07, 6.45) is 1.31. The summed E-state index contributed by atoms with van der Waals surface area (Å²) in [5, 5.41) is 7.51. The first kappa shape index (κ1) is 18.7. The predicted molar refractivity (Wildman–Crippen MR) is 112 cm³/mol. The number of carbonyl (C=O) groups excluding carboxylic acids is 1. The lowest BCUT2D eigenvalue weighted by Crippen LogP contribution is -2.28. The summed E-state index contributed by atoms with van der Waals surface area (Å²) >= 11 is 1.39. The van der Waals surface area contributed by atoms with E-state index in [1.165, 1.54) is 17.4 Å². The summed E-state index contributed by atoms with van der Waals surface area (Å²) < 4.78 is 25.8. The largest absolute Gasteiger partial charge is 0.494 e. The molecule has 1 aliphatic carbocycles. The van der Waals surface area contributed by atoms with Gasteiger partial charge in [0.05, 0.1) is 33.5 Å². The molecule has 0 radical (unpaired) electrons. The van der Waals surface area contributed by atoms with Crippen LogP contribution in [0.5, 0.6) is 5.75 Å². The second kappa shape index (κ2) is 7.21. The van der Waals surface area contributed by atoms with Crippen molar-refractivity contribution in [2.75, 3.05) is 11.9 Å². The van der Waals surface area contributed by atoms with Crippen LogP contribution < -0.4 is 10.1 Å². The number of aromatic nitrogens is 2. The SMILES string of the molecule is CCOc1ccc2nc(NC(=O)C3(c4cc(-c5ccccc5F)on4)CC3)sc2c1. The zero-order chi connectivity index (χ0) is 20.7. The smallest absolute Gasteiger partial charge is 0.238 e. The van der Waals surface area contributed by atoms with Crippen LogP contribution in [0.15, 0.2) is 53.1 Å². The lowest BCUT2D eigenvalue weighted by Gasteiger charge is -2.10. The van der Waals surface area contributed by atoms with Crippen molar-refractivity contribution in [3.05, 3.63) is 60.0 Å². The van der Waals surface area contributed by atoms with Crippen LogP contribution in [-0.2, 0) is 10.2 Å². The summed E-state index contributed by atoms with van der Waals surface area (Å²) in [5.41, 5.74) is 0.870. The van der Waals surface area contributed by atoms with Crippen molar-refractivity contribution in [3.63, 3.8) is 0 Å². The molecule has 0 saturated heterocycles. The Kier molecular flexibility index (Phi) is 4.51. The molecule has 0 aliphatic heterocycles. The van der Waals surface area contributed by atoms with Crippen LogP contribution in [0, 0.1) is 5.82 Å². The van der Waals surface area contributed by atoms with Crippen molar-refractivity contribution in [1.29, 1.82) is 0 Å². The molecule has 0 bridgehead atoms. The van der Waals surface area contributed by atoms with Crippen molar-refractivity contribution in [2.24, 2.45) is 0 Å². The Morgan fingerprint density at radius 1 is 1.27 bits per heavy atom. The molecule has 6 nitrogen and oxygen atoms in total. The van der Waals surface area contributed by atoms with E-state index in [2.05, 4.69) is 15.5 Å². The molecular formula is C22H18FN3O3S. The van der Waals surface area contributed by atoms with Crippen LogP contribution >= 0.6 is 11.3 Å². The number of halogens is 1. The minimum atomic E-state index is -0.763. The molecule has 1 amide bonds. The van der Waals surface area contributed by atoms with Crippen LogP contribution in [0.1, 0.15) is 25.5 Å². The van der Waals surface area contributed by atoms with Gasteiger partial charge < -0.3 is 14.6 Å². The molecule has 1 saturated carbocycles. The third-order valence-electron chi connectivity index (χ3n) is 5.22. The molecule has 1 N–H and O–H groups in total. The number of amides is 1. The minimum absolute atomic E-state index is 0.181. The van der Waals surface area contributed by atoms with Gasteiger partial charge in [-0.25, -0.2) is 9.37 Å². The van der Waals surface area contributed by atoms with Crippen molar-refractivity contribution in [1.82, 2.24) is 10.1 Å². The second-order valence-electron chi connectivity index (χ2n) is 7.17. The van der Waals surface area contributed by atoms with Crippen LogP contribution in [0.4, 0.5) is 9.52 Å². The zero-order valence-electron chi connectivity index (χ0n) is 16.1. The number of thiazole rings is 1. The highest BCUT2D eigenvalue weighted by Crippen LogP contribution is 2.49. The lowest BCUT2D eigenvalue weighted by atomic mass is 10.0. The summed E-state index contributed by atoms with van der Waals surface area (Å²) in [4.78, 5) is 17.5. The van der Waals surface area contributed by atoms with E-state index >= 15 is 0 Å². The van der Waals surface area contributed by atoms with Crippen molar-refractivity contribution in [2.45, 2.75) is 25.2 Å². The highest BCUT2D eigenvalue weighted by atomic mass is 32.1. The monoisotopic (exact) mass is 423 g/mol.